The first-order chi connectivity index (χ1) is 19.9. The molecule has 1 aromatic rings. The van der Waals surface area contributed by atoms with Gasteiger partial charge in [-0.05, 0) is 62.6 Å². The highest BCUT2D eigenvalue weighted by atomic mass is 35.5. The van der Waals surface area contributed by atoms with Gasteiger partial charge in [0.15, 0.2) is 0 Å². The van der Waals surface area contributed by atoms with Gasteiger partial charge in [-0.2, -0.15) is 0 Å². The normalized spacial score (nSPS) is 28.3. The number of nitrogens with zero attached hydrogens (tertiary/aromatic N) is 3. The van der Waals surface area contributed by atoms with Crippen LogP contribution in [0.15, 0.2) is 23.5 Å². The Bertz CT molecular complexity index is 1280. The van der Waals surface area contributed by atoms with E-state index in [-0.39, 0.29) is 24.3 Å². The zero-order valence-electron chi connectivity index (χ0n) is 24.9. The molecule has 3 fully saturated rings. The standard InChI is InChI=1S/C31H44ClN5O5/c1-18-14-26(38)36(15-18)16-24-27-20(11-13-37(24)29(39)21-6-4-5-12-31(21,2)30(40)41)22(32)9-10-25(27)42-17-23(33)28(35(3)34)19-7-8-19/h9-10,18-19,21,24H,4-8,11-17,33-34H2,1-3H3,(H,40,41)/b28-23-/t18?,21?,24?,31-/m0/s1. The molecular weight excluding hydrogens is 558 g/mol. The lowest BCUT2D eigenvalue weighted by atomic mass is 9.66. The number of carboxylic acids is 1. The van der Waals surface area contributed by atoms with Gasteiger partial charge in [-0.15, -0.1) is 0 Å². The molecule has 2 aliphatic heterocycles. The van der Waals surface area contributed by atoms with E-state index in [0.717, 1.165) is 42.5 Å². The Balaban J connectivity index is 1.53. The number of carboxylic acid groups (broad SMARTS) is 1. The zero-order chi connectivity index (χ0) is 30.3. The molecule has 4 aliphatic rings. The number of aliphatic carboxylic acids is 1. The number of likely N-dealkylation sites (tertiary alicyclic amines) is 1. The van der Waals surface area contributed by atoms with E-state index < -0.39 is 23.3 Å². The molecule has 1 saturated heterocycles. The molecule has 5 N–H and O–H groups in total. The number of halogens is 1. The third-order valence-corrected chi connectivity index (χ3v) is 10.1. The Morgan fingerprint density at radius 1 is 1.24 bits per heavy atom. The molecule has 0 radical (unpaired) electrons. The maximum atomic E-state index is 14.4. The van der Waals surface area contributed by atoms with Crippen molar-refractivity contribution in [3.05, 3.63) is 39.7 Å². The molecule has 2 aliphatic carbocycles. The van der Waals surface area contributed by atoms with Crippen LogP contribution in [0.3, 0.4) is 0 Å². The Morgan fingerprint density at radius 3 is 2.60 bits per heavy atom. The number of ether oxygens (including phenoxy) is 1. The lowest BCUT2D eigenvalue weighted by Crippen LogP contribution is -2.52. The lowest BCUT2D eigenvalue weighted by molar-refractivity contribution is -0.162. The van der Waals surface area contributed by atoms with Gasteiger partial charge in [0.1, 0.15) is 12.4 Å². The first kappa shape index (κ1) is 30.5. The van der Waals surface area contributed by atoms with Crippen molar-refractivity contribution in [2.45, 2.75) is 71.3 Å². The summed E-state index contributed by atoms with van der Waals surface area (Å²) in [6, 6.07) is 3.07. The van der Waals surface area contributed by atoms with Gasteiger partial charge in [-0.1, -0.05) is 31.4 Å². The molecule has 2 saturated carbocycles. The van der Waals surface area contributed by atoms with E-state index in [1.165, 1.54) is 0 Å². The number of hydrogen-bond donors (Lipinski definition) is 3. The summed E-state index contributed by atoms with van der Waals surface area (Å²) in [5.74, 6) is 5.45. The van der Waals surface area contributed by atoms with Crippen LogP contribution in [0.1, 0.15) is 76.0 Å². The van der Waals surface area contributed by atoms with Crippen molar-refractivity contribution in [3.63, 3.8) is 0 Å². The van der Waals surface area contributed by atoms with Crippen molar-refractivity contribution in [1.29, 1.82) is 0 Å². The highest BCUT2D eigenvalue weighted by Crippen LogP contribution is 2.47. The van der Waals surface area contributed by atoms with Crippen LogP contribution >= 0.6 is 11.6 Å². The van der Waals surface area contributed by atoms with E-state index in [1.807, 2.05) is 11.8 Å². The van der Waals surface area contributed by atoms with Gasteiger partial charge in [-0.25, -0.2) is 5.84 Å². The largest absolute Gasteiger partial charge is 0.487 e. The summed E-state index contributed by atoms with van der Waals surface area (Å²) in [5, 5.41) is 12.3. The van der Waals surface area contributed by atoms with Gasteiger partial charge in [-0.3, -0.25) is 14.4 Å². The topological polar surface area (TPSA) is 142 Å². The van der Waals surface area contributed by atoms with E-state index in [0.29, 0.717) is 67.7 Å². The molecule has 0 spiro atoms. The fraction of sp³-hybridized carbons (Fsp3) is 0.645. The monoisotopic (exact) mass is 601 g/mol. The molecule has 42 heavy (non-hydrogen) atoms. The molecule has 11 heteroatoms. The quantitative estimate of drug-likeness (QED) is 0.287. The van der Waals surface area contributed by atoms with Crippen LogP contribution < -0.4 is 16.3 Å². The highest BCUT2D eigenvalue weighted by Gasteiger charge is 2.50. The fourth-order valence-electron chi connectivity index (χ4n) is 7.26. The number of amides is 2. The van der Waals surface area contributed by atoms with Gasteiger partial charge in [0.25, 0.3) is 0 Å². The SMILES string of the molecule is CC1CC(=O)N(CC2c3c(OC/C(N)=C(\C4CC4)N(C)N)ccc(Cl)c3CCN2C(=O)C2CCCC[C@]2(C)C(=O)O)C1. The van der Waals surface area contributed by atoms with E-state index in [9.17, 15) is 19.5 Å². The maximum Gasteiger partial charge on any atom is 0.310 e. The maximum absolute atomic E-state index is 14.4. The third kappa shape index (κ3) is 5.80. The van der Waals surface area contributed by atoms with Crippen LogP contribution in [-0.4, -0.2) is 71.0 Å². The van der Waals surface area contributed by atoms with Crippen LogP contribution in [-0.2, 0) is 20.8 Å². The minimum Gasteiger partial charge on any atom is -0.487 e. The molecule has 2 amide bonds. The van der Waals surface area contributed by atoms with E-state index in [2.05, 4.69) is 0 Å². The Hall–Kier alpha value is -2.98. The molecular formula is C31H44ClN5O5. The number of carbonyl (C=O) groups is 3. The predicted octanol–water partition coefficient (Wildman–Crippen LogP) is 3.68. The molecule has 1 aromatic carbocycles. The molecule has 5 rings (SSSR count). The van der Waals surface area contributed by atoms with E-state index in [1.54, 1.807) is 36.0 Å². The first-order valence-corrected chi connectivity index (χ1v) is 15.5. The smallest absolute Gasteiger partial charge is 0.310 e. The number of hydrogen-bond acceptors (Lipinski definition) is 7. The van der Waals surface area contributed by atoms with Crippen molar-refractivity contribution < 1.29 is 24.2 Å². The second kappa shape index (κ2) is 12.0. The van der Waals surface area contributed by atoms with Crippen molar-refractivity contribution in [1.82, 2.24) is 14.8 Å². The highest BCUT2D eigenvalue weighted by molar-refractivity contribution is 6.31. The van der Waals surface area contributed by atoms with E-state index in [4.69, 9.17) is 27.9 Å². The molecule has 3 unspecified atom stereocenters. The number of nitrogens with two attached hydrogens (primary N) is 2. The minimum absolute atomic E-state index is 0.0480. The summed E-state index contributed by atoms with van der Waals surface area (Å²) in [5.41, 5.74) is 8.41. The number of fused-ring (bicyclic) bond motifs is 1. The van der Waals surface area contributed by atoms with Gasteiger partial charge < -0.3 is 30.4 Å². The average Bonchev–Trinajstić information content (AvgIpc) is 3.71. The van der Waals surface area contributed by atoms with Crippen molar-refractivity contribution in [2.75, 3.05) is 33.3 Å². The number of carbonyl (C=O) groups excluding carboxylic acids is 2. The van der Waals surface area contributed by atoms with Crippen molar-refractivity contribution in [3.8, 4) is 5.75 Å². The molecule has 2 heterocycles. The minimum atomic E-state index is -1.14. The third-order valence-electron chi connectivity index (χ3n) is 9.71. The van der Waals surface area contributed by atoms with Gasteiger partial charge in [0.05, 0.1) is 28.8 Å². The van der Waals surface area contributed by atoms with E-state index >= 15 is 0 Å². The first-order valence-electron chi connectivity index (χ1n) is 15.1. The van der Waals surface area contributed by atoms with Crippen molar-refractivity contribution in [2.24, 2.45) is 34.7 Å². The molecule has 4 atom stereocenters. The summed E-state index contributed by atoms with van der Waals surface area (Å²) in [7, 11) is 1.77. The number of benzene rings is 1. The second-order valence-corrected chi connectivity index (χ2v) is 13.4. The Kier molecular flexibility index (Phi) is 8.67. The summed E-state index contributed by atoms with van der Waals surface area (Å²) in [6.07, 6.45) is 5.60. The molecule has 0 bridgehead atoms. The Morgan fingerprint density at radius 2 is 1.98 bits per heavy atom. The molecule has 10 nitrogen and oxygen atoms in total. The zero-order valence-corrected chi connectivity index (χ0v) is 25.7. The Labute approximate surface area is 252 Å². The van der Waals surface area contributed by atoms with Crippen molar-refractivity contribution >= 4 is 29.4 Å². The van der Waals surface area contributed by atoms with Crippen LogP contribution in [0.5, 0.6) is 5.75 Å². The van der Waals surface area contributed by atoms with Gasteiger partial charge in [0.2, 0.25) is 11.8 Å². The molecule has 230 valence electrons. The van der Waals surface area contributed by atoms with Gasteiger partial charge in [0, 0.05) is 49.6 Å². The summed E-state index contributed by atoms with van der Waals surface area (Å²) >= 11 is 6.74. The molecule has 0 aromatic heterocycles. The lowest BCUT2D eigenvalue weighted by Gasteiger charge is -2.45. The van der Waals surface area contributed by atoms with Crippen LogP contribution in [0.25, 0.3) is 0 Å². The summed E-state index contributed by atoms with van der Waals surface area (Å²) in [4.78, 5) is 43.4. The van der Waals surface area contributed by atoms with Crippen LogP contribution in [0.4, 0.5) is 0 Å². The fourth-order valence-corrected chi connectivity index (χ4v) is 7.52. The average molecular weight is 602 g/mol. The summed E-state index contributed by atoms with van der Waals surface area (Å²) in [6.45, 7) is 5.13. The number of hydrazine groups is 1. The van der Waals surface area contributed by atoms with Crippen LogP contribution in [0, 0.1) is 23.2 Å². The van der Waals surface area contributed by atoms with Gasteiger partial charge >= 0.3 is 5.97 Å². The predicted molar refractivity (Wildman–Crippen MR) is 159 cm³/mol. The summed E-state index contributed by atoms with van der Waals surface area (Å²) < 4.78 is 6.37. The van der Waals surface area contributed by atoms with Crippen LogP contribution in [0.2, 0.25) is 5.02 Å². The second-order valence-electron chi connectivity index (χ2n) is 12.9. The number of rotatable bonds is 9. The number of allylic oxidation sites excluding steroid dienone is 1.